The average molecular weight is 290 g/mol. The lowest BCUT2D eigenvalue weighted by Crippen LogP contribution is -2.26. The number of nitrogens with zero attached hydrogens (tertiary/aromatic N) is 3. The summed E-state index contributed by atoms with van der Waals surface area (Å²) in [4.78, 5) is 4.91. The van der Waals surface area contributed by atoms with E-state index in [1.165, 1.54) is 29.1 Å². The van der Waals surface area contributed by atoms with E-state index < -0.39 is 0 Å². The van der Waals surface area contributed by atoms with Crippen LogP contribution in [0.15, 0.2) is 5.38 Å². The second-order valence-electron chi connectivity index (χ2n) is 5.46. The first-order chi connectivity index (χ1) is 9.70. The van der Waals surface area contributed by atoms with Gasteiger partial charge in [-0.2, -0.15) is 5.10 Å². The second-order valence-corrected chi connectivity index (χ2v) is 6.35. The Morgan fingerprint density at radius 3 is 2.75 bits per heavy atom. The molecular weight excluding hydrogens is 268 g/mol. The molecule has 5 heteroatoms. The van der Waals surface area contributed by atoms with Crippen molar-refractivity contribution in [1.82, 2.24) is 20.1 Å². The molecular formula is C15H22N4S. The van der Waals surface area contributed by atoms with Gasteiger partial charge in [-0.05, 0) is 46.7 Å². The summed E-state index contributed by atoms with van der Waals surface area (Å²) in [5.41, 5.74) is 4.65. The molecule has 1 aliphatic heterocycles. The van der Waals surface area contributed by atoms with Crippen molar-refractivity contribution in [3.63, 3.8) is 0 Å². The van der Waals surface area contributed by atoms with E-state index in [1.54, 1.807) is 0 Å². The number of rotatable bonds is 3. The minimum atomic E-state index is 0.636. The van der Waals surface area contributed by atoms with Crippen LogP contribution in [-0.4, -0.2) is 27.9 Å². The van der Waals surface area contributed by atoms with Gasteiger partial charge in [-0.15, -0.1) is 11.3 Å². The van der Waals surface area contributed by atoms with Gasteiger partial charge in [0.15, 0.2) is 0 Å². The number of aryl methyl sites for hydroxylation is 2. The summed E-state index contributed by atoms with van der Waals surface area (Å²) in [6, 6.07) is 0. The zero-order valence-corrected chi connectivity index (χ0v) is 13.3. The van der Waals surface area contributed by atoms with Gasteiger partial charge >= 0.3 is 0 Å². The third-order valence-corrected chi connectivity index (χ3v) is 5.15. The molecule has 0 bridgehead atoms. The van der Waals surface area contributed by atoms with Crippen LogP contribution in [0.2, 0.25) is 0 Å². The molecule has 0 aliphatic carbocycles. The molecule has 0 saturated carbocycles. The molecule has 0 aromatic carbocycles. The lowest BCUT2D eigenvalue weighted by Gasteiger charge is -2.20. The highest BCUT2D eigenvalue weighted by molar-refractivity contribution is 7.10. The molecule has 1 N–H and O–H groups in total. The SMILES string of the molecule is CCn1nc(C)c(-c2csc(C3CCNCC3)n2)c1C. The van der Waals surface area contributed by atoms with Crippen molar-refractivity contribution in [3.8, 4) is 11.3 Å². The standard InChI is InChI=1S/C15H22N4S/c1-4-19-11(3)14(10(2)18-19)13-9-20-15(17-13)12-5-7-16-8-6-12/h9,12,16H,4-8H2,1-3H3. The highest BCUT2D eigenvalue weighted by Gasteiger charge is 2.21. The first-order valence-corrected chi connectivity index (χ1v) is 8.29. The van der Waals surface area contributed by atoms with E-state index in [1.807, 2.05) is 11.3 Å². The van der Waals surface area contributed by atoms with Gasteiger partial charge in [0.25, 0.3) is 0 Å². The van der Waals surface area contributed by atoms with Crippen LogP contribution in [0.1, 0.15) is 42.1 Å². The van der Waals surface area contributed by atoms with E-state index in [0.717, 1.165) is 31.0 Å². The topological polar surface area (TPSA) is 42.7 Å². The molecule has 0 unspecified atom stereocenters. The number of aromatic nitrogens is 3. The summed E-state index contributed by atoms with van der Waals surface area (Å²) >= 11 is 1.81. The predicted molar refractivity (Wildman–Crippen MR) is 83.3 cm³/mol. The Morgan fingerprint density at radius 2 is 2.10 bits per heavy atom. The van der Waals surface area contributed by atoms with Gasteiger partial charge in [-0.3, -0.25) is 4.68 Å². The molecule has 1 aliphatic rings. The fraction of sp³-hybridized carbons (Fsp3) is 0.600. The Balaban J connectivity index is 1.91. The zero-order valence-electron chi connectivity index (χ0n) is 12.4. The van der Waals surface area contributed by atoms with Gasteiger partial charge in [0, 0.05) is 29.1 Å². The lowest BCUT2D eigenvalue weighted by atomic mass is 9.99. The third kappa shape index (κ3) is 2.40. The molecule has 0 amide bonds. The summed E-state index contributed by atoms with van der Waals surface area (Å²) in [7, 11) is 0. The van der Waals surface area contributed by atoms with Crippen LogP contribution in [-0.2, 0) is 6.54 Å². The van der Waals surface area contributed by atoms with Crippen molar-refractivity contribution in [3.05, 3.63) is 21.8 Å². The minimum absolute atomic E-state index is 0.636. The number of hydrogen-bond donors (Lipinski definition) is 1. The Morgan fingerprint density at radius 1 is 1.35 bits per heavy atom. The Bertz CT molecular complexity index is 593. The summed E-state index contributed by atoms with van der Waals surface area (Å²) in [6.07, 6.45) is 2.41. The molecule has 4 nitrogen and oxygen atoms in total. The van der Waals surface area contributed by atoms with E-state index in [9.17, 15) is 0 Å². The van der Waals surface area contributed by atoms with Crippen LogP contribution >= 0.6 is 11.3 Å². The van der Waals surface area contributed by atoms with Crippen LogP contribution in [0, 0.1) is 13.8 Å². The quantitative estimate of drug-likeness (QED) is 0.944. The van der Waals surface area contributed by atoms with Crippen LogP contribution in [0.4, 0.5) is 0 Å². The van der Waals surface area contributed by atoms with Crippen LogP contribution in [0.25, 0.3) is 11.3 Å². The third-order valence-electron chi connectivity index (χ3n) is 4.15. The van der Waals surface area contributed by atoms with Gasteiger partial charge in [0.05, 0.1) is 16.4 Å². The van der Waals surface area contributed by atoms with E-state index in [4.69, 9.17) is 4.98 Å². The number of thiazole rings is 1. The van der Waals surface area contributed by atoms with Crippen LogP contribution < -0.4 is 5.32 Å². The molecule has 0 atom stereocenters. The fourth-order valence-corrected chi connectivity index (χ4v) is 4.02. The maximum Gasteiger partial charge on any atom is 0.0964 e. The summed E-state index contributed by atoms with van der Waals surface area (Å²) < 4.78 is 2.06. The predicted octanol–water partition coefficient (Wildman–Crippen LogP) is 3.11. The molecule has 3 heterocycles. The molecule has 2 aromatic rings. The first kappa shape index (κ1) is 13.8. The largest absolute Gasteiger partial charge is 0.317 e. The molecule has 108 valence electrons. The van der Waals surface area contributed by atoms with Crippen molar-refractivity contribution in [2.75, 3.05) is 13.1 Å². The van der Waals surface area contributed by atoms with Gasteiger partial charge in [-0.1, -0.05) is 0 Å². The Hall–Kier alpha value is -1.20. The summed E-state index contributed by atoms with van der Waals surface area (Å²) in [5, 5.41) is 11.5. The second kappa shape index (κ2) is 5.66. The maximum atomic E-state index is 4.91. The van der Waals surface area contributed by atoms with E-state index in [-0.39, 0.29) is 0 Å². The van der Waals surface area contributed by atoms with Crippen molar-refractivity contribution >= 4 is 11.3 Å². The average Bonchev–Trinajstić information content (AvgIpc) is 3.04. The molecule has 1 fully saturated rings. The Labute approximate surface area is 124 Å². The fourth-order valence-electron chi connectivity index (χ4n) is 3.03. The normalized spacial score (nSPS) is 16.8. The van der Waals surface area contributed by atoms with Gasteiger partial charge in [-0.25, -0.2) is 4.98 Å². The molecule has 0 spiro atoms. The summed E-state index contributed by atoms with van der Waals surface area (Å²) in [5.74, 6) is 0.636. The monoisotopic (exact) mass is 290 g/mol. The van der Waals surface area contributed by atoms with E-state index in [0.29, 0.717) is 5.92 Å². The number of hydrogen-bond acceptors (Lipinski definition) is 4. The van der Waals surface area contributed by atoms with E-state index >= 15 is 0 Å². The van der Waals surface area contributed by atoms with E-state index in [2.05, 4.69) is 41.2 Å². The lowest BCUT2D eigenvalue weighted by molar-refractivity contribution is 0.459. The van der Waals surface area contributed by atoms with Gasteiger partial charge < -0.3 is 5.32 Å². The van der Waals surface area contributed by atoms with Gasteiger partial charge in [0.2, 0.25) is 0 Å². The van der Waals surface area contributed by atoms with Crippen LogP contribution in [0.3, 0.4) is 0 Å². The van der Waals surface area contributed by atoms with Crippen molar-refractivity contribution in [1.29, 1.82) is 0 Å². The Kier molecular flexibility index (Phi) is 3.89. The van der Waals surface area contributed by atoms with Crippen LogP contribution in [0.5, 0.6) is 0 Å². The molecule has 1 saturated heterocycles. The minimum Gasteiger partial charge on any atom is -0.317 e. The maximum absolute atomic E-state index is 4.91. The van der Waals surface area contributed by atoms with Crippen molar-refractivity contribution < 1.29 is 0 Å². The molecule has 3 rings (SSSR count). The molecule has 0 radical (unpaired) electrons. The summed E-state index contributed by atoms with van der Waals surface area (Å²) in [6.45, 7) is 9.50. The van der Waals surface area contributed by atoms with Gasteiger partial charge in [0.1, 0.15) is 0 Å². The van der Waals surface area contributed by atoms with Crippen molar-refractivity contribution in [2.24, 2.45) is 0 Å². The molecule has 20 heavy (non-hydrogen) atoms. The number of nitrogens with one attached hydrogen (secondary N) is 1. The smallest absolute Gasteiger partial charge is 0.0964 e. The zero-order chi connectivity index (χ0) is 14.1. The highest BCUT2D eigenvalue weighted by Crippen LogP contribution is 2.33. The number of piperidine rings is 1. The first-order valence-electron chi connectivity index (χ1n) is 7.41. The molecule has 2 aromatic heterocycles. The highest BCUT2D eigenvalue weighted by atomic mass is 32.1. The van der Waals surface area contributed by atoms with Crippen molar-refractivity contribution in [2.45, 2.75) is 46.1 Å².